The van der Waals surface area contributed by atoms with E-state index in [9.17, 15) is 4.79 Å². The van der Waals surface area contributed by atoms with Crippen molar-refractivity contribution in [3.63, 3.8) is 0 Å². The summed E-state index contributed by atoms with van der Waals surface area (Å²) in [6.07, 6.45) is 0.0785. The lowest BCUT2D eigenvalue weighted by molar-refractivity contribution is 0.0697. The van der Waals surface area contributed by atoms with Gasteiger partial charge in [0.05, 0.1) is 11.7 Å². The molecule has 0 radical (unpaired) electrons. The van der Waals surface area contributed by atoms with Crippen LogP contribution < -0.4 is 10.1 Å². The smallest absolute Gasteiger partial charge is 0.335 e. The molecular weight excluding hydrogens is 302 g/mol. The van der Waals surface area contributed by atoms with Crippen molar-refractivity contribution in [2.24, 2.45) is 0 Å². The highest BCUT2D eigenvalue weighted by atomic mass is 35.5. The molecule has 0 amide bonds. The Bertz CT molecular complexity index is 653. The third kappa shape index (κ3) is 4.40. The minimum Gasteiger partial charge on any atom is -0.491 e. The lowest BCUT2D eigenvalue weighted by Crippen LogP contribution is -2.09. The van der Waals surface area contributed by atoms with Crippen LogP contribution in [-0.4, -0.2) is 17.2 Å². The first kappa shape index (κ1) is 16.2. The average molecular weight is 320 g/mol. The molecule has 0 aliphatic rings. The van der Waals surface area contributed by atoms with E-state index in [2.05, 4.69) is 5.32 Å². The fraction of sp³-hybridized carbons (Fsp3) is 0.235. The maximum absolute atomic E-state index is 10.8. The number of ether oxygens (including phenoxy) is 1. The van der Waals surface area contributed by atoms with E-state index in [4.69, 9.17) is 21.4 Å². The van der Waals surface area contributed by atoms with E-state index in [0.717, 1.165) is 17.0 Å². The number of anilines is 1. The lowest BCUT2D eigenvalue weighted by Gasteiger charge is -2.15. The van der Waals surface area contributed by atoms with Crippen LogP contribution in [0.3, 0.4) is 0 Å². The van der Waals surface area contributed by atoms with Crippen LogP contribution in [0.5, 0.6) is 5.75 Å². The molecule has 0 fully saturated rings. The van der Waals surface area contributed by atoms with Gasteiger partial charge in [-0.05, 0) is 56.3 Å². The van der Waals surface area contributed by atoms with Gasteiger partial charge >= 0.3 is 5.97 Å². The zero-order valence-electron chi connectivity index (χ0n) is 12.5. The van der Waals surface area contributed by atoms with E-state index in [1.54, 1.807) is 30.3 Å². The highest BCUT2D eigenvalue weighted by Crippen LogP contribution is 2.25. The summed E-state index contributed by atoms with van der Waals surface area (Å²) in [6.45, 7) is 4.47. The highest BCUT2D eigenvalue weighted by Gasteiger charge is 2.07. The number of benzene rings is 2. The van der Waals surface area contributed by atoms with Gasteiger partial charge < -0.3 is 15.2 Å². The van der Waals surface area contributed by atoms with Gasteiger partial charge in [0.15, 0.2) is 0 Å². The fourth-order valence-corrected chi connectivity index (χ4v) is 2.18. The Morgan fingerprint density at radius 3 is 2.50 bits per heavy atom. The quantitative estimate of drug-likeness (QED) is 0.826. The molecule has 22 heavy (non-hydrogen) atoms. The molecule has 2 rings (SSSR count). The average Bonchev–Trinajstić information content (AvgIpc) is 2.47. The largest absolute Gasteiger partial charge is 0.491 e. The van der Waals surface area contributed by atoms with E-state index in [0.29, 0.717) is 11.6 Å². The molecule has 116 valence electrons. The number of hydrogen-bond acceptors (Lipinski definition) is 3. The molecule has 0 aromatic heterocycles. The van der Waals surface area contributed by atoms with Gasteiger partial charge in [-0.15, -0.1) is 0 Å². The number of nitrogens with one attached hydrogen (secondary N) is 1. The Labute approximate surface area is 134 Å². The third-order valence-corrected chi connectivity index (χ3v) is 3.24. The minimum absolute atomic E-state index is 0.0785. The first-order valence-corrected chi connectivity index (χ1v) is 7.36. The van der Waals surface area contributed by atoms with E-state index >= 15 is 0 Å². The Morgan fingerprint density at radius 1 is 1.23 bits per heavy atom. The maximum atomic E-state index is 10.8. The molecule has 0 saturated carbocycles. The van der Waals surface area contributed by atoms with Gasteiger partial charge in [0.25, 0.3) is 0 Å². The van der Waals surface area contributed by atoms with Crippen molar-refractivity contribution in [2.45, 2.75) is 26.5 Å². The molecule has 4 nitrogen and oxygen atoms in total. The van der Waals surface area contributed by atoms with Crippen LogP contribution in [0.4, 0.5) is 5.69 Å². The first-order chi connectivity index (χ1) is 10.5. The molecule has 0 spiro atoms. The molecule has 2 aromatic carbocycles. The molecule has 2 aromatic rings. The lowest BCUT2D eigenvalue weighted by atomic mass is 10.1. The molecule has 0 atom stereocenters. The minimum atomic E-state index is -0.936. The monoisotopic (exact) mass is 319 g/mol. The zero-order valence-corrected chi connectivity index (χ0v) is 13.2. The van der Waals surface area contributed by atoms with Crippen molar-refractivity contribution < 1.29 is 14.6 Å². The highest BCUT2D eigenvalue weighted by molar-refractivity contribution is 6.30. The van der Waals surface area contributed by atoms with Gasteiger partial charge in [-0.2, -0.15) is 0 Å². The molecular formula is C17H18ClNO3. The number of hydrogen-bond donors (Lipinski definition) is 2. The topological polar surface area (TPSA) is 58.6 Å². The molecule has 2 N–H and O–H groups in total. The van der Waals surface area contributed by atoms with Gasteiger partial charge in [0.2, 0.25) is 0 Å². The summed E-state index contributed by atoms with van der Waals surface area (Å²) in [5.41, 5.74) is 2.04. The Kier molecular flexibility index (Phi) is 5.28. The molecule has 0 aliphatic heterocycles. The second kappa shape index (κ2) is 7.18. The molecule has 0 heterocycles. The van der Waals surface area contributed by atoms with Crippen LogP contribution in [0.25, 0.3) is 0 Å². The normalized spacial score (nSPS) is 10.5. The maximum Gasteiger partial charge on any atom is 0.335 e. The van der Waals surface area contributed by atoms with Crippen molar-refractivity contribution in [2.75, 3.05) is 5.32 Å². The summed E-state index contributed by atoms with van der Waals surface area (Å²) >= 11 is 6.04. The first-order valence-electron chi connectivity index (χ1n) is 6.98. The van der Waals surface area contributed by atoms with E-state index in [1.807, 2.05) is 26.0 Å². The van der Waals surface area contributed by atoms with Crippen LogP contribution in [0, 0.1) is 0 Å². The SMILES string of the molecule is CC(C)Oc1ccc(Cl)cc1CNc1ccc(C(=O)O)cc1. The third-order valence-electron chi connectivity index (χ3n) is 3.00. The molecule has 0 bridgehead atoms. The molecule has 0 aliphatic carbocycles. The summed E-state index contributed by atoms with van der Waals surface area (Å²) in [4.78, 5) is 10.8. The number of carboxylic acids is 1. The molecule has 0 unspecified atom stereocenters. The summed E-state index contributed by atoms with van der Waals surface area (Å²) in [5, 5.41) is 12.8. The zero-order chi connectivity index (χ0) is 16.1. The number of carboxylic acid groups (broad SMARTS) is 1. The Morgan fingerprint density at radius 2 is 1.91 bits per heavy atom. The fourth-order valence-electron chi connectivity index (χ4n) is 1.98. The van der Waals surface area contributed by atoms with Crippen molar-refractivity contribution in [3.05, 3.63) is 58.6 Å². The Hall–Kier alpha value is -2.20. The van der Waals surface area contributed by atoms with Crippen molar-refractivity contribution in [3.8, 4) is 5.75 Å². The van der Waals surface area contributed by atoms with Crippen molar-refractivity contribution in [1.29, 1.82) is 0 Å². The number of carbonyl (C=O) groups is 1. The number of halogens is 1. The van der Waals surface area contributed by atoms with Crippen molar-refractivity contribution in [1.82, 2.24) is 0 Å². The van der Waals surface area contributed by atoms with Gasteiger partial charge in [-0.25, -0.2) is 4.79 Å². The molecule has 5 heteroatoms. The van der Waals surface area contributed by atoms with Crippen LogP contribution in [0.1, 0.15) is 29.8 Å². The van der Waals surface area contributed by atoms with Crippen LogP contribution in [0.2, 0.25) is 5.02 Å². The van der Waals surface area contributed by atoms with Gasteiger partial charge in [-0.3, -0.25) is 0 Å². The summed E-state index contributed by atoms with van der Waals surface area (Å²) in [6, 6.07) is 12.1. The van der Waals surface area contributed by atoms with Gasteiger partial charge in [-0.1, -0.05) is 11.6 Å². The van der Waals surface area contributed by atoms with Crippen LogP contribution >= 0.6 is 11.6 Å². The predicted molar refractivity (Wildman–Crippen MR) is 87.9 cm³/mol. The van der Waals surface area contributed by atoms with Crippen LogP contribution in [-0.2, 0) is 6.54 Å². The summed E-state index contributed by atoms with van der Waals surface area (Å²) < 4.78 is 5.76. The van der Waals surface area contributed by atoms with E-state index in [1.165, 1.54) is 0 Å². The van der Waals surface area contributed by atoms with Crippen molar-refractivity contribution >= 4 is 23.3 Å². The number of aromatic carboxylic acids is 1. The van der Waals surface area contributed by atoms with Gasteiger partial charge in [0, 0.05) is 22.8 Å². The second-order valence-corrected chi connectivity index (χ2v) is 5.59. The summed E-state index contributed by atoms with van der Waals surface area (Å²) in [7, 11) is 0. The van der Waals surface area contributed by atoms with Gasteiger partial charge in [0.1, 0.15) is 5.75 Å². The standard InChI is InChI=1S/C17H18ClNO3/c1-11(2)22-16-8-5-14(18)9-13(16)10-19-15-6-3-12(4-7-15)17(20)21/h3-9,11,19H,10H2,1-2H3,(H,20,21). The summed E-state index contributed by atoms with van der Waals surface area (Å²) in [5.74, 6) is -0.150. The van der Waals surface area contributed by atoms with E-state index in [-0.39, 0.29) is 11.7 Å². The Balaban J connectivity index is 2.10. The van der Waals surface area contributed by atoms with Crippen LogP contribution in [0.15, 0.2) is 42.5 Å². The number of rotatable bonds is 6. The predicted octanol–water partition coefficient (Wildman–Crippen LogP) is 4.44. The molecule has 0 saturated heterocycles. The second-order valence-electron chi connectivity index (χ2n) is 5.15. The van der Waals surface area contributed by atoms with E-state index < -0.39 is 5.97 Å².